The van der Waals surface area contributed by atoms with Crippen LogP contribution in [-0.4, -0.2) is 23.5 Å². The van der Waals surface area contributed by atoms with Gasteiger partial charge < -0.3 is 15.2 Å². The maximum absolute atomic E-state index is 12.7. The first-order valence-corrected chi connectivity index (χ1v) is 11.0. The zero-order valence-corrected chi connectivity index (χ0v) is 18.5. The molecule has 0 aliphatic rings. The summed E-state index contributed by atoms with van der Waals surface area (Å²) in [6, 6.07) is 15.5. The molecule has 0 bridgehead atoms. The van der Waals surface area contributed by atoms with Crippen molar-refractivity contribution in [1.29, 1.82) is 0 Å². The summed E-state index contributed by atoms with van der Waals surface area (Å²) >= 11 is 1.28. The minimum atomic E-state index is -4.37. The molecular formula is C24H22F3NO4S. The molecule has 2 aromatic carbocycles. The normalized spacial score (nSPS) is 12.2. The lowest BCUT2D eigenvalue weighted by atomic mass is 10.0. The Morgan fingerprint density at radius 3 is 2.15 bits per heavy atom. The maximum atomic E-state index is 12.7. The molecule has 0 spiro atoms. The highest BCUT2D eigenvalue weighted by Gasteiger charge is 2.30. The summed E-state index contributed by atoms with van der Waals surface area (Å²) in [6.45, 7) is 2.01. The number of carbonyl (C=O) groups excluding carboxylic acids is 1. The molecule has 0 saturated heterocycles. The summed E-state index contributed by atoms with van der Waals surface area (Å²) in [5.74, 6) is -0.715. The molecule has 1 atom stereocenters. The van der Waals surface area contributed by atoms with Gasteiger partial charge in [-0.25, -0.2) is 0 Å². The molecule has 9 heteroatoms. The van der Waals surface area contributed by atoms with Crippen LogP contribution in [0.25, 0.3) is 11.1 Å². The molecule has 0 fully saturated rings. The number of nitrogens with one attached hydrogen (secondary N) is 1. The van der Waals surface area contributed by atoms with Gasteiger partial charge in [-0.1, -0.05) is 31.2 Å². The fraction of sp³-hybridized carbons (Fsp3) is 0.250. The average molecular weight is 478 g/mol. The third-order valence-electron chi connectivity index (χ3n) is 4.84. The van der Waals surface area contributed by atoms with Crippen LogP contribution in [0.1, 0.15) is 46.0 Å². The molecule has 1 amide bonds. The molecule has 0 aliphatic heterocycles. The van der Waals surface area contributed by atoms with Gasteiger partial charge in [-0.05, 0) is 53.9 Å². The van der Waals surface area contributed by atoms with Crippen LogP contribution in [0.5, 0.6) is 5.75 Å². The second kappa shape index (κ2) is 10.5. The number of alkyl halides is 3. The van der Waals surface area contributed by atoms with Gasteiger partial charge in [0.15, 0.2) is 0 Å². The zero-order valence-electron chi connectivity index (χ0n) is 17.7. The van der Waals surface area contributed by atoms with E-state index < -0.39 is 17.7 Å². The number of carboxylic acids is 1. The number of hydrogen-bond donors (Lipinski definition) is 2. The summed E-state index contributed by atoms with van der Waals surface area (Å²) in [4.78, 5) is 24.1. The highest BCUT2D eigenvalue weighted by Crippen LogP contribution is 2.33. The first-order chi connectivity index (χ1) is 15.7. The van der Waals surface area contributed by atoms with Crippen LogP contribution in [0.3, 0.4) is 0 Å². The standard InChI is InChI=1S/C24H22F3NO4S/c1-2-19(20-11-12-21(33-20)23(31)28-14-13-22(29)30)32-18-9-5-16(6-10-18)15-3-7-17(8-4-15)24(25,26)27/h3-12,19H,2,13-14H2,1H3,(H,28,31)(H,29,30)/t19-/m0/s1. The Kier molecular flexibility index (Phi) is 7.75. The Morgan fingerprint density at radius 1 is 1.00 bits per heavy atom. The van der Waals surface area contributed by atoms with Gasteiger partial charge in [-0.15, -0.1) is 11.3 Å². The van der Waals surface area contributed by atoms with E-state index in [1.54, 1.807) is 30.3 Å². The van der Waals surface area contributed by atoms with Crippen LogP contribution < -0.4 is 10.1 Å². The summed E-state index contributed by atoms with van der Waals surface area (Å²) < 4.78 is 44.3. The van der Waals surface area contributed by atoms with Crippen molar-refractivity contribution < 1.29 is 32.6 Å². The van der Waals surface area contributed by atoms with Gasteiger partial charge >= 0.3 is 12.1 Å². The van der Waals surface area contributed by atoms with Gasteiger partial charge in [-0.2, -0.15) is 13.2 Å². The van der Waals surface area contributed by atoms with E-state index in [1.165, 1.54) is 23.5 Å². The third-order valence-corrected chi connectivity index (χ3v) is 6.02. The number of rotatable bonds is 9. The SMILES string of the molecule is CC[C@H](Oc1ccc(-c2ccc(C(F)(F)F)cc2)cc1)c1ccc(C(=O)NCCC(=O)O)s1. The molecule has 5 nitrogen and oxygen atoms in total. The Balaban J connectivity index is 1.64. The second-order valence-electron chi connectivity index (χ2n) is 7.22. The van der Waals surface area contributed by atoms with Gasteiger partial charge in [0.1, 0.15) is 11.9 Å². The lowest BCUT2D eigenvalue weighted by molar-refractivity contribution is -0.138. The Bertz CT molecular complexity index is 1090. The highest BCUT2D eigenvalue weighted by atomic mass is 32.1. The van der Waals surface area contributed by atoms with E-state index in [0.717, 1.165) is 22.6 Å². The molecule has 33 heavy (non-hydrogen) atoms. The third kappa shape index (κ3) is 6.58. The van der Waals surface area contributed by atoms with E-state index in [1.807, 2.05) is 13.0 Å². The molecule has 1 heterocycles. The Morgan fingerprint density at radius 2 is 1.61 bits per heavy atom. The van der Waals surface area contributed by atoms with Crippen molar-refractivity contribution in [2.24, 2.45) is 0 Å². The molecule has 1 aromatic heterocycles. The average Bonchev–Trinajstić information content (AvgIpc) is 3.27. The first kappa shape index (κ1) is 24.3. The van der Waals surface area contributed by atoms with Crippen molar-refractivity contribution in [1.82, 2.24) is 5.32 Å². The molecule has 0 radical (unpaired) electrons. The lowest BCUT2D eigenvalue weighted by Gasteiger charge is -2.16. The zero-order chi connectivity index (χ0) is 24.0. The van der Waals surface area contributed by atoms with E-state index in [-0.39, 0.29) is 25.0 Å². The van der Waals surface area contributed by atoms with Crippen LogP contribution in [0, 0.1) is 0 Å². The quantitative estimate of drug-likeness (QED) is 0.387. The number of ether oxygens (including phenoxy) is 1. The fourth-order valence-electron chi connectivity index (χ4n) is 3.10. The Hall–Kier alpha value is -3.33. The monoisotopic (exact) mass is 477 g/mol. The maximum Gasteiger partial charge on any atom is 0.416 e. The van der Waals surface area contributed by atoms with Crippen molar-refractivity contribution in [2.75, 3.05) is 6.54 Å². The molecule has 3 aromatic rings. The van der Waals surface area contributed by atoms with Crippen molar-refractivity contribution in [2.45, 2.75) is 32.0 Å². The molecule has 2 N–H and O–H groups in total. The summed E-state index contributed by atoms with van der Waals surface area (Å²) in [5, 5.41) is 11.2. The van der Waals surface area contributed by atoms with Gasteiger partial charge in [0.2, 0.25) is 0 Å². The van der Waals surface area contributed by atoms with Gasteiger partial charge in [0.25, 0.3) is 5.91 Å². The largest absolute Gasteiger partial charge is 0.485 e. The number of carboxylic acid groups (broad SMARTS) is 1. The smallest absolute Gasteiger partial charge is 0.416 e. The number of carbonyl (C=O) groups is 2. The van der Waals surface area contributed by atoms with Gasteiger partial charge in [0, 0.05) is 11.4 Å². The fourth-order valence-corrected chi connectivity index (χ4v) is 4.14. The Labute approximate surface area is 192 Å². The number of halogens is 3. The first-order valence-electron chi connectivity index (χ1n) is 10.2. The summed E-state index contributed by atoms with van der Waals surface area (Å²) in [5.41, 5.74) is 0.738. The predicted molar refractivity (Wildman–Crippen MR) is 119 cm³/mol. The molecule has 0 unspecified atom stereocenters. The van der Waals surface area contributed by atoms with E-state index >= 15 is 0 Å². The van der Waals surface area contributed by atoms with E-state index in [2.05, 4.69) is 5.32 Å². The van der Waals surface area contributed by atoms with Crippen LogP contribution in [0.15, 0.2) is 60.7 Å². The second-order valence-corrected chi connectivity index (χ2v) is 8.33. The van der Waals surface area contributed by atoms with Gasteiger partial charge in [-0.3, -0.25) is 9.59 Å². The lowest BCUT2D eigenvalue weighted by Crippen LogP contribution is -2.25. The van der Waals surface area contributed by atoms with Crippen molar-refractivity contribution >= 4 is 23.2 Å². The van der Waals surface area contributed by atoms with Crippen LogP contribution in [0.2, 0.25) is 0 Å². The predicted octanol–water partition coefficient (Wildman–Crippen LogP) is 6.17. The number of benzene rings is 2. The van der Waals surface area contributed by atoms with E-state index in [0.29, 0.717) is 22.6 Å². The number of amides is 1. The minimum absolute atomic E-state index is 0.0559. The van der Waals surface area contributed by atoms with E-state index in [9.17, 15) is 22.8 Å². The number of aliphatic carboxylic acids is 1. The minimum Gasteiger partial charge on any atom is -0.485 e. The topological polar surface area (TPSA) is 75.6 Å². The van der Waals surface area contributed by atoms with Crippen LogP contribution in [-0.2, 0) is 11.0 Å². The highest BCUT2D eigenvalue weighted by molar-refractivity contribution is 7.14. The summed E-state index contributed by atoms with van der Waals surface area (Å²) in [7, 11) is 0. The molecule has 174 valence electrons. The van der Waals surface area contributed by atoms with Crippen LogP contribution in [0.4, 0.5) is 13.2 Å². The number of thiophene rings is 1. The summed E-state index contributed by atoms with van der Waals surface area (Å²) in [6.07, 6.45) is -4.15. The molecule has 3 rings (SSSR count). The van der Waals surface area contributed by atoms with Crippen molar-refractivity contribution in [3.8, 4) is 16.9 Å². The van der Waals surface area contributed by atoms with E-state index in [4.69, 9.17) is 9.84 Å². The van der Waals surface area contributed by atoms with Crippen LogP contribution >= 0.6 is 11.3 Å². The van der Waals surface area contributed by atoms with Gasteiger partial charge in [0.05, 0.1) is 16.9 Å². The molecule has 0 saturated carbocycles. The van der Waals surface area contributed by atoms with Crippen molar-refractivity contribution in [3.05, 3.63) is 76.0 Å². The molecular weight excluding hydrogens is 455 g/mol. The molecule has 0 aliphatic carbocycles. The number of hydrogen-bond acceptors (Lipinski definition) is 4. The van der Waals surface area contributed by atoms with Crippen molar-refractivity contribution in [3.63, 3.8) is 0 Å².